The van der Waals surface area contributed by atoms with Gasteiger partial charge in [0.15, 0.2) is 0 Å². The second kappa shape index (κ2) is 5.83. The lowest BCUT2D eigenvalue weighted by Crippen LogP contribution is -2.11. The zero-order valence-corrected chi connectivity index (χ0v) is 10.7. The molecule has 0 unspecified atom stereocenters. The minimum atomic E-state index is -0.980. The molecule has 2 aromatic rings. The molecule has 0 fully saturated rings. The summed E-state index contributed by atoms with van der Waals surface area (Å²) in [6, 6.07) is 7.44. The van der Waals surface area contributed by atoms with E-state index in [0.29, 0.717) is 15.9 Å². The molecule has 0 aliphatic carbocycles. The van der Waals surface area contributed by atoms with E-state index in [1.54, 1.807) is 6.07 Å². The molecule has 0 saturated carbocycles. The number of carbonyl (C=O) groups is 1. The second-order valence-electron chi connectivity index (χ2n) is 3.43. The number of benzene rings is 1. The van der Waals surface area contributed by atoms with Gasteiger partial charge in [-0.15, -0.1) is 5.10 Å². The van der Waals surface area contributed by atoms with Crippen LogP contribution in [0.15, 0.2) is 29.4 Å². The SMILES string of the molecule is O=C(O)Cn1nnnc1SCc1cccc(Cl)c1. The van der Waals surface area contributed by atoms with E-state index in [-0.39, 0.29) is 6.54 Å². The van der Waals surface area contributed by atoms with Crippen LogP contribution in [0.5, 0.6) is 0 Å². The van der Waals surface area contributed by atoms with E-state index in [0.717, 1.165) is 5.56 Å². The van der Waals surface area contributed by atoms with Crippen molar-refractivity contribution < 1.29 is 9.90 Å². The standard InChI is InChI=1S/C10H9ClN4O2S/c11-8-3-1-2-7(4-8)6-18-10-12-13-14-15(10)5-9(16)17/h1-4H,5-6H2,(H,16,17). The number of tetrazole rings is 1. The summed E-state index contributed by atoms with van der Waals surface area (Å²) in [5.41, 5.74) is 1.03. The van der Waals surface area contributed by atoms with E-state index in [4.69, 9.17) is 16.7 Å². The van der Waals surface area contributed by atoms with Gasteiger partial charge in [0.25, 0.3) is 0 Å². The number of carboxylic acid groups (broad SMARTS) is 1. The Bertz CT molecular complexity index is 560. The molecular weight excluding hydrogens is 276 g/mol. The van der Waals surface area contributed by atoms with Gasteiger partial charge < -0.3 is 5.11 Å². The van der Waals surface area contributed by atoms with Crippen molar-refractivity contribution in [3.8, 4) is 0 Å². The molecular formula is C10H9ClN4O2S. The van der Waals surface area contributed by atoms with E-state index in [1.807, 2.05) is 18.2 Å². The fourth-order valence-corrected chi connectivity index (χ4v) is 2.33. The molecule has 0 amide bonds. The molecule has 1 aromatic carbocycles. The summed E-state index contributed by atoms with van der Waals surface area (Å²) < 4.78 is 1.25. The normalized spacial score (nSPS) is 10.5. The van der Waals surface area contributed by atoms with Gasteiger partial charge in [0, 0.05) is 10.8 Å². The Balaban J connectivity index is 2.02. The number of rotatable bonds is 5. The van der Waals surface area contributed by atoms with Crippen LogP contribution in [0.3, 0.4) is 0 Å². The maximum Gasteiger partial charge on any atom is 0.325 e. The summed E-state index contributed by atoms with van der Waals surface area (Å²) in [4.78, 5) is 10.6. The molecule has 6 nitrogen and oxygen atoms in total. The first-order valence-electron chi connectivity index (χ1n) is 5.00. The Morgan fingerprint density at radius 3 is 3.06 bits per heavy atom. The zero-order valence-electron chi connectivity index (χ0n) is 9.15. The van der Waals surface area contributed by atoms with Crippen LogP contribution in [0.25, 0.3) is 0 Å². The highest BCUT2D eigenvalue weighted by atomic mass is 35.5. The maximum absolute atomic E-state index is 10.6. The lowest BCUT2D eigenvalue weighted by molar-refractivity contribution is -0.138. The number of hydrogen-bond donors (Lipinski definition) is 1. The van der Waals surface area contributed by atoms with Crippen molar-refractivity contribution in [1.82, 2.24) is 20.2 Å². The summed E-state index contributed by atoms with van der Waals surface area (Å²) in [7, 11) is 0. The van der Waals surface area contributed by atoms with Crippen LogP contribution in [-0.4, -0.2) is 31.3 Å². The highest BCUT2D eigenvalue weighted by Crippen LogP contribution is 2.21. The van der Waals surface area contributed by atoms with Crippen LogP contribution in [0, 0.1) is 0 Å². The molecule has 1 aromatic heterocycles. The van der Waals surface area contributed by atoms with Gasteiger partial charge in [0.1, 0.15) is 6.54 Å². The van der Waals surface area contributed by atoms with Crippen molar-refractivity contribution >= 4 is 29.3 Å². The minimum absolute atomic E-state index is 0.245. The molecule has 0 saturated heterocycles. The van der Waals surface area contributed by atoms with Crippen molar-refractivity contribution in [2.45, 2.75) is 17.5 Å². The number of nitrogens with zero attached hydrogens (tertiary/aromatic N) is 4. The molecule has 0 spiro atoms. The van der Waals surface area contributed by atoms with Gasteiger partial charge >= 0.3 is 5.97 Å². The van der Waals surface area contributed by atoms with Gasteiger partial charge in [-0.25, -0.2) is 4.68 Å². The van der Waals surface area contributed by atoms with Crippen LogP contribution < -0.4 is 0 Å². The molecule has 0 aliphatic heterocycles. The van der Waals surface area contributed by atoms with Gasteiger partial charge in [-0.1, -0.05) is 35.5 Å². The van der Waals surface area contributed by atoms with E-state index in [9.17, 15) is 4.79 Å². The van der Waals surface area contributed by atoms with E-state index in [1.165, 1.54) is 16.4 Å². The van der Waals surface area contributed by atoms with Gasteiger partial charge in [-0.05, 0) is 28.1 Å². The van der Waals surface area contributed by atoms with Gasteiger partial charge in [0.2, 0.25) is 5.16 Å². The summed E-state index contributed by atoms with van der Waals surface area (Å²) in [6.45, 7) is -0.245. The smallest absolute Gasteiger partial charge is 0.325 e. The third-order valence-electron chi connectivity index (χ3n) is 2.04. The monoisotopic (exact) mass is 284 g/mol. The fraction of sp³-hybridized carbons (Fsp3) is 0.200. The predicted molar refractivity (Wildman–Crippen MR) is 66.5 cm³/mol. The molecule has 0 atom stereocenters. The van der Waals surface area contributed by atoms with Gasteiger partial charge in [-0.3, -0.25) is 4.79 Å². The van der Waals surface area contributed by atoms with Crippen LogP contribution in [0.1, 0.15) is 5.56 Å². The number of aliphatic carboxylic acids is 1. The first kappa shape index (κ1) is 12.8. The first-order chi connectivity index (χ1) is 8.65. The maximum atomic E-state index is 10.6. The topological polar surface area (TPSA) is 80.9 Å². The summed E-state index contributed by atoms with van der Waals surface area (Å²) in [6.07, 6.45) is 0. The third kappa shape index (κ3) is 3.44. The average molecular weight is 285 g/mol. The number of aromatic nitrogens is 4. The van der Waals surface area contributed by atoms with Crippen molar-refractivity contribution in [3.63, 3.8) is 0 Å². The molecule has 1 heterocycles. The second-order valence-corrected chi connectivity index (χ2v) is 4.81. The van der Waals surface area contributed by atoms with Crippen molar-refractivity contribution in [3.05, 3.63) is 34.9 Å². The Morgan fingerprint density at radius 1 is 1.50 bits per heavy atom. The summed E-state index contributed by atoms with van der Waals surface area (Å²) in [5.74, 6) is -0.354. The third-order valence-corrected chi connectivity index (χ3v) is 3.30. The number of thioether (sulfide) groups is 1. The minimum Gasteiger partial charge on any atom is -0.480 e. The van der Waals surface area contributed by atoms with Crippen molar-refractivity contribution in [2.24, 2.45) is 0 Å². The Kier molecular flexibility index (Phi) is 4.16. The van der Waals surface area contributed by atoms with Crippen molar-refractivity contribution in [2.75, 3.05) is 0 Å². The molecule has 18 heavy (non-hydrogen) atoms. The largest absolute Gasteiger partial charge is 0.480 e. The van der Waals surface area contributed by atoms with Gasteiger partial charge in [-0.2, -0.15) is 0 Å². The number of halogens is 1. The Labute approximate surface area is 112 Å². The summed E-state index contributed by atoms with van der Waals surface area (Å²) in [5, 5.41) is 20.7. The molecule has 0 radical (unpaired) electrons. The molecule has 8 heteroatoms. The molecule has 0 aliphatic rings. The molecule has 94 valence electrons. The van der Waals surface area contributed by atoms with Crippen molar-refractivity contribution in [1.29, 1.82) is 0 Å². The highest BCUT2D eigenvalue weighted by Gasteiger charge is 2.10. The first-order valence-corrected chi connectivity index (χ1v) is 6.36. The number of carboxylic acids is 1. The number of hydrogen-bond acceptors (Lipinski definition) is 5. The zero-order chi connectivity index (χ0) is 13.0. The highest BCUT2D eigenvalue weighted by molar-refractivity contribution is 7.98. The average Bonchev–Trinajstić information content (AvgIpc) is 2.73. The molecule has 0 bridgehead atoms. The fourth-order valence-electron chi connectivity index (χ4n) is 1.30. The lowest BCUT2D eigenvalue weighted by atomic mass is 10.2. The molecule has 1 N–H and O–H groups in total. The summed E-state index contributed by atoms with van der Waals surface area (Å²) >= 11 is 7.24. The van der Waals surface area contributed by atoms with Crippen LogP contribution in [-0.2, 0) is 17.1 Å². The Hall–Kier alpha value is -1.60. The van der Waals surface area contributed by atoms with E-state index in [2.05, 4.69) is 15.5 Å². The van der Waals surface area contributed by atoms with Crippen LogP contribution in [0.2, 0.25) is 5.02 Å². The predicted octanol–water partition coefficient (Wildman–Crippen LogP) is 1.70. The van der Waals surface area contributed by atoms with Crippen LogP contribution in [0.4, 0.5) is 0 Å². The lowest BCUT2D eigenvalue weighted by Gasteiger charge is -2.02. The quantitative estimate of drug-likeness (QED) is 0.842. The molecule has 2 rings (SSSR count). The van der Waals surface area contributed by atoms with E-state index >= 15 is 0 Å². The Morgan fingerprint density at radius 2 is 2.33 bits per heavy atom. The van der Waals surface area contributed by atoms with Gasteiger partial charge in [0.05, 0.1) is 0 Å². The van der Waals surface area contributed by atoms with Crippen LogP contribution >= 0.6 is 23.4 Å². The van der Waals surface area contributed by atoms with E-state index < -0.39 is 5.97 Å².